The summed E-state index contributed by atoms with van der Waals surface area (Å²) in [5.41, 5.74) is 1.52. The van der Waals surface area contributed by atoms with E-state index >= 15 is 0 Å². The quantitative estimate of drug-likeness (QED) is 0.850. The topological polar surface area (TPSA) is 73.3 Å². The van der Waals surface area contributed by atoms with Crippen molar-refractivity contribution < 1.29 is 14.3 Å². The van der Waals surface area contributed by atoms with Crippen LogP contribution in [0.4, 0.5) is 0 Å². The van der Waals surface area contributed by atoms with E-state index in [1.807, 2.05) is 24.3 Å². The number of esters is 1. The molecule has 0 aliphatic carbocycles. The van der Waals surface area contributed by atoms with Crippen LogP contribution in [0, 0.1) is 5.92 Å². The van der Waals surface area contributed by atoms with E-state index in [0.29, 0.717) is 11.6 Å². The summed E-state index contributed by atoms with van der Waals surface area (Å²) in [5.74, 6) is 0.932. The zero-order valence-electron chi connectivity index (χ0n) is 13.7. The van der Waals surface area contributed by atoms with E-state index in [1.165, 1.54) is 13.3 Å². The number of benzene rings is 1. The highest BCUT2D eigenvalue weighted by atomic mass is 16.5. The SMILES string of the molecule is COC(=O)c1nccnc1-c1ccc(OCC2CCNCC2)cc1. The molecule has 1 N–H and O–H groups in total. The Kier molecular flexibility index (Phi) is 5.38. The molecule has 2 aromatic rings. The van der Waals surface area contributed by atoms with Crippen molar-refractivity contribution >= 4 is 5.97 Å². The third-order valence-corrected chi connectivity index (χ3v) is 4.15. The standard InChI is InChI=1S/C18H21N3O3/c1-23-18(22)17-16(20-10-11-21-17)14-2-4-15(5-3-14)24-12-13-6-8-19-9-7-13/h2-5,10-11,13,19H,6-9,12H2,1H3. The minimum Gasteiger partial charge on any atom is -0.493 e. The Morgan fingerprint density at radius 2 is 1.88 bits per heavy atom. The van der Waals surface area contributed by atoms with Crippen LogP contribution in [-0.4, -0.2) is 42.7 Å². The Morgan fingerprint density at radius 3 is 2.58 bits per heavy atom. The number of rotatable bonds is 5. The van der Waals surface area contributed by atoms with Crippen molar-refractivity contribution in [2.45, 2.75) is 12.8 Å². The molecule has 1 aromatic heterocycles. The molecule has 0 unspecified atom stereocenters. The van der Waals surface area contributed by atoms with Gasteiger partial charge in [0.05, 0.1) is 13.7 Å². The van der Waals surface area contributed by atoms with Gasteiger partial charge in [-0.3, -0.25) is 4.98 Å². The molecule has 3 rings (SSSR count). The number of carbonyl (C=O) groups excluding carboxylic acids is 1. The van der Waals surface area contributed by atoms with Gasteiger partial charge in [0, 0.05) is 18.0 Å². The number of piperidine rings is 1. The minimum atomic E-state index is -0.496. The fraction of sp³-hybridized carbons (Fsp3) is 0.389. The van der Waals surface area contributed by atoms with Crippen molar-refractivity contribution in [1.29, 1.82) is 0 Å². The first-order valence-corrected chi connectivity index (χ1v) is 8.11. The molecule has 0 radical (unpaired) electrons. The van der Waals surface area contributed by atoms with E-state index in [-0.39, 0.29) is 5.69 Å². The van der Waals surface area contributed by atoms with Gasteiger partial charge in [0.1, 0.15) is 11.4 Å². The van der Waals surface area contributed by atoms with Crippen LogP contribution >= 0.6 is 0 Å². The third kappa shape index (κ3) is 3.89. The Hall–Kier alpha value is -2.47. The first-order chi connectivity index (χ1) is 11.8. The van der Waals surface area contributed by atoms with E-state index in [2.05, 4.69) is 15.3 Å². The molecular weight excluding hydrogens is 306 g/mol. The van der Waals surface area contributed by atoms with Gasteiger partial charge in [-0.05, 0) is 56.1 Å². The van der Waals surface area contributed by atoms with Gasteiger partial charge >= 0.3 is 5.97 Å². The number of carbonyl (C=O) groups is 1. The highest BCUT2D eigenvalue weighted by molar-refractivity contribution is 5.93. The lowest BCUT2D eigenvalue weighted by Crippen LogP contribution is -2.30. The zero-order valence-corrected chi connectivity index (χ0v) is 13.7. The third-order valence-electron chi connectivity index (χ3n) is 4.15. The number of nitrogens with zero attached hydrogens (tertiary/aromatic N) is 2. The first-order valence-electron chi connectivity index (χ1n) is 8.11. The van der Waals surface area contributed by atoms with Crippen LogP contribution in [-0.2, 0) is 4.74 Å². The van der Waals surface area contributed by atoms with Gasteiger partial charge in [0.15, 0.2) is 5.69 Å². The second-order valence-electron chi connectivity index (χ2n) is 5.77. The van der Waals surface area contributed by atoms with Gasteiger partial charge in [-0.2, -0.15) is 0 Å². The predicted molar refractivity (Wildman–Crippen MR) is 89.9 cm³/mol. The molecule has 1 aromatic carbocycles. The molecule has 0 bridgehead atoms. The summed E-state index contributed by atoms with van der Waals surface area (Å²) in [6, 6.07) is 7.56. The molecule has 0 saturated carbocycles. The smallest absolute Gasteiger partial charge is 0.358 e. The van der Waals surface area contributed by atoms with E-state index in [1.54, 1.807) is 6.20 Å². The number of aromatic nitrogens is 2. The summed E-state index contributed by atoms with van der Waals surface area (Å²) in [7, 11) is 1.33. The number of ether oxygens (including phenoxy) is 2. The molecule has 1 aliphatic heterocycles. The van der Waals surface area contributed by atoms with E-state index in [9.17, 15) is 4.79 Å². The second kappa shape index (κ2) is 7.88. The van der Waals surface area contributed by atoms with Gasteiger partial charge in [0.2, 0.25) is 0 Å². The summed E-state index contributed by atoms with van der Waals surface area (Å²) in [6.45, 7) is 2.87. The van der Waals surface area contributed by atoms with Crippen LogP contribution in [0.1, 0.15) is 23.3 Å². The van der Waals surface area contributed by atoms with Gasteiger partial charge in [-0.25, -0.2) is 9.78 Å². The molecule has 0 atom stereocenters. The van der Waals surface area contributed by atoms with Gasteiger partial charge in [-0.1, -0.05) is 0 Å². The van der Waals surface area contributed by atoms with Crippen molar-refractivity contribution in [2.75, 3.05) is 26.8 Å². The highest BCUT2D eigenvalue weighted by Crippen LogP contribution is 2.24. The van der Waals surface area contributed by atoms with Crippen LogP contribution in [0.15, 0.2) is 36.7 Å². The Bertz CT molecular complexity index is 682. The maximum atomic E-state index is 11.8. The van der Waals surface area contributed by atoms with Crippen LogP contribution in [0.2, 0.25) is 0 Å². The van der Waals surface area contributed by atoms with E-state index in [4.69, 9.17) is 9.47 Å². The fourth-order valence-electron chi connectivity index (χ4n) is 2.77. The van der Waals surface area contributed by atoms with Gasteiger partial charge in [0.25, 0.3) is 0 Å². The summed E-state index contributed by atoms with van der Waals surface area (Å²) >= 11 is 0. The molecule has 126 valence electrons. The maximum absolute atomic E-state index is 11.8. The molecule has 0 spiro atoms. The molecule has 24 heavy (non-hydrogen) atoms. The van der Waals surface area contributed by atoms with Crippen LogP contribution in [0.25, 0.3) is 11.3 Å². The zero-order chi connectivity index (χ0) is 16.8. The Labute approximate surface area is 141 Å². The molecule has 0 amide bonds. The molecule has 6 nitrogen and oxygen atoms in total. The van der Waals surface area contributed by atoms with Crippen LogP contribution < -0.4 is 10.1 Å². The molecule has 2 heterocycles. The van der Waals surface area contributed by atoms with Crippen molar-refractivity contribution in [2.24, 2.45) is 5.92 Å². The lowest BCUT2D eigenvalue weighted by Gasteiger charge is -2.22. The number of hydrogen-bond donors (Lipinski definition) is 1. The number of nitrogens with one attached hydrogen (secondary N) is 1. The molecule has 1 saturated heterocycles. The number of hydrogen-bond acceptors (Lipinski definition) is 6. The molecule has 6 heteroatoms. The van der Waals surface area contributed by atoms with Gasteiger partial charge < -0.3 is 14.8 Å². The van der Waals surface area contributed by atoms with Crippen molar-refractivity contribution in [1.82, 2.24) is 15.3 Å². The molecular formula is C18H21N3O3. The maximum Gasteiger partial charge on any atom is 0.358 e. The van der Waals surface area contributed by atoms with Crippen molar-refractivity contribution in [3.63, 3.8) is 0 Å². The summed E-state index contributed by atoms with van der Waals surface area (Å²) in [6.07, 6.45) is 5.34. The van der Waals surface area contributed by atoms with E-state index in [0.717, 1.165) is 43.9 Å². The summed E-state index contributed by atoms with van der Waals surface area (Å²) in [5, 5.41) is 3.35. The Balaban J connectivity index is 1.69. The van der Waals surface area contributed by atoms with Crippen molar-refractivity contribution in [3.05, 3.63) is 42.4 Å². The minimum absolute atomic E-state index is 0.211. The van der Waals surface area contributed by atoms with Crippen molar-refractivity contribution in [3.8, 4) is 17.0 Å². The van der Waals surface area contributed by atoms with Crippen LogP contribution in [0.3, 0.4) is 0 Å². The normalized spacial score (nSPS) is 15.0. The monoisotopic (exact) mass is 327 g/mol. The van der Waals surface area contributed by atoms with E-state index < -0.39 is 5.97 Å². The Morgan fingerprint density at radius 1 is 1.17 bits per heavy atom. The van der Waals surface area contributed by atoms with Crippen LogP contribution in [0.5, 0.6) is 5.75 Å². The molecule has 1 aliphatic rings. The highest BCUT2D eigenvalue weighted by Gasteiger charge is 2.16. The lowest BCUT2D eigenvalue weighted by molar-refractivity contribution is 0.0594. The second-order valence-corrected chi connectivity index (χ2v) is 5.77. The number of methoxy groups -OCH3 is 1. The summed E-state index contributed by atoms with van der Waals surface area (Å²) < 4.78 is 10.6. The molecule has 1 fully saturated rings. The van der Waals surface area contributed by atoms with Gasteiger partial charge in [-0.15, -0.1) is 0 Å². The lowest BCUT2D eigenvalue weighted by atomic mass is 9.99. The first kappa shape index (κ1) is 16.4. The largest absolute Gasteiger partial charge is 0.493 e. The average molecular weight is 327 g/mol. The average Bonchev–Trinajstić information content (AvgIpc) is 2.67. The predicted octanol–water partition coefficient (Wildman–Crippen LogP) is 2.31. The summed E-state index contributed by atoms with van der Waals surface area (Å²) in [4.78, 5) is 20.1. The fourth-order valence-corrected chi connectivity index (χ4v) is 2.77.